The van der Waals surface area contributed by atoms with Crippen LogP contribution in [0.25, 0.3) is 11.4 Å². The van der Waals surface area contributed by atoms with Crippen molar-refractivity contribution in [3.63, 3.8) is 0 Å². The number of rotatable bonds is 3. The van der Waals surface area contributed by atoms with E-state index in [1.54, 1.807) is 23.1 Å². The quantitative estimate of drug-likeness (QED) is 0.708. The predicted molar refractivity (Wildman–Crippen MR) is 116 cm³/mol. The molecule has 0 saturated carbocycles. The monoisotopic (exact) mass is 405 g/mol. The Labute approximate surface area is 175 Å². The number of urea groups is 1. The first-order valence-corrected chi connectivity index (χ1v) is 9.98. The summed E-state index contributed by atoms with van der Waals surface area (Å²) < 4.78 is 13.8. The lowest BCUT2D eigenvalue weighted by molar-refractivity contribution is 0.208. The lowest BCUT2D eigenvalue weighted by Crippen LogP contribution is -2.50. The molecule has 4 rings (SSSR count). The van der Waals surface area contributed by atoms with Crippen LogP contribution in [0.3, 0.4) is 0 Å². The summed E-state index contributed by atoms with van der Waals surface area (Å²) in [6, 6.07) is 16.0. The van der Waals surface area contributed by atoms with Gasteiger partial charge in [0.15, 0.2) is 5.82 Å². The molecule has 1 fully saturated rings. The van der Waals surface area contributed by atoms with Gasteiger partial charge in [-0.3, -0.25) is 0 Å². The zero-order valence-electron chi connectivity index (χ0n) is 17.1. The lowest BCUT2D eigenvalue weighted by Gasteiger charge is -2.35. The second kappa shape index (κ2) is 8.49. The largest absolute Gasteiger partial charge is 0.353 e. The van der Waals surface area contributed by atoms with Crippen molar-refractivity contribution in [1.29, 1.82) is 0 Å². The standard InChI is InChI=1S/C23H24FN5O/c1-16-7-9-18(10-8-16)22-25-17(2)15-21(27-22)28-11-13-29(14-12-28)23(30)26-20-6-4-3-5-19(20)24/h3-10,15H,11-14H2,1-2H3,(H,26,30). The predicted octanol–water partition coefficient (Wildman–Crippen LogP) is 4.25. The number of anilines is 2. The topological polar surface area (TPSA) is 61.4 Å². The van der Waals surface area contributed by atoms with Gasteiger partial charge in [-0.25, -0.2) is 19.2 Å². The van der Waals surface area contributed by atoms with Crippen LogP contribution in [0, 0.1) is 19.7 Å². The highest BCUT2D eigenvalue weighted by Crippen LogP contribution is 2.22. The summed E-state index contributed by atoms with van der Waals surface area (Å²) in [5, 5.41) is 2.65. The van der Waals surface area contributed by atoms with Gasteiger partial charge in [-0.1, -0.05) is 42.0 Å². The number of halogens is 1. The van der Waals surface area contributed by atoms with Crippen molar-refractivity contribution in [1.82, 2.24) is 14.9 Å². The molecule has 0 atom stereocenters. The summed E-state index contributed by atoms with van der Waals surface area (Å²) in [4.78, 5) is 25.7. The van der Waals surface area contributed by atoms with Crippen LogP contribution in [0.15, 0.2) is 54.6 Å². The molecule has 1 saturated heterocycles. The molecule has 7 heteroatoms. The van der Waals surface area contributed by atoms with Crippen molar-refractivity contribution in [2.24, 2.45) is 0 Å². The second-order valence-electron chi connectivity index (χ2n) is 7.44. The number of carbonyl (C=O) groups excluding carboxylic acids is 1. The molecular formula is C23H24FN5O. The van der Waals surface area contributed by atoms with Crippen LogP contribution in [-0.4, -0.2) is 47.1 Å². The first-order valence-electron chi connectivity index (χ1n) is 9.98. The smallest absolute Gasteiger partial charge is 0.322 e. The minimum absolute atomic E-state index is 0.194. The summed E-state index contributed by atoms with van der Waals surface area (Å²) >= 11 is 0. The van der Waals surface area contributed by atoms with E-state index in [0.717, 1.165) is 17.1 Å². The van der Waals surface area contributed by atoms with Gasteiger partial charge in [0.1, 0.15) is 11.6 Å². The van der Waals surface area contributed by atoms with Crippen LogP contribution >= 0.6 is 0 Å². The summed E-state index contributed by atoms with van der Waals surface area (Å²) in [7, 11) is 0. The molecule has 1 N–H and O–H groups in total. The first kappa shape index (κ1) is 19.8. The molecule has 0 spiro atoms. The average molecular weight is 405 g/mol. The molecule has 2 aromatic carbocycles. The minimum Gasteiger partial charge on any atom is -0.353 e. The lowest BCUT2D eigenvalue weighted by atomic mass is 10.1. The molecular weight excluding hydrogens is 381 g/mol. The van der Waals surface area contributed by atoms with Crippen molar-refractivity contribution in [2.75, 3.05) is 36.4 Å². The third-order valence-electron chi connectivity index (χ3n) is 5.16. The van der Waals surface area contributed by atoms with Crippen LogP contribution in [0.2, 0.25) is 0 Å². The Bertz CT molecular complexity index is 1050. The third-order valence-corrected chi connectivity index (χ3v) is 5.16. The second-order valence-corrected chi connectivity index (χ2v) is 7.44. The number of hydrogen-bond donors (Lipinski definition) is 1. The normalized spacial score (nSPS) is 14.0. The highest BCUT2D eigenvalue weighted by Gasteiger charge is 2.23. The number of benzene rings is 2. The van der Waals surface area contributed by atoms with Crippen molar-refractivity contribution in [2.45, 2.75) is 13.8 Å². The van der Waals surface area contributed by atoms with Crippen LogP contribution in [0.1, 0.15) is 11.3 Å². The van der Waals surface area contributed by atoms with E-state index in [9.17, 15) is 9.18 Å². The van der Waals surface area contributed by atoms with Gasteiger partial charge >= 0.3 is 6.03 Å². The van der Waals surface area contributed by atoms with Gasteiger partial charge in [0.2, 0.25) is 0 Å². The third kappa shape index (κ3) is 4.40. The van der Waals surface area contributed by atoms with Crippen molar-refractivity contribution < 1.29 is 9.18 Å². The highest BCUT2D eigenvalue weighted by molar-refractivity contribution is 5.89. The average Bonchev–Trinajstić information content (AvgIpc) is 2.75. The van der Waals surface area contributed by atoms with Gasteiger partial charge in [-0.15, -0.1) is 0 Å². The molecule has 0 radical (unpaired) electrons. The molecule has 1 aromatic heterocycles. The van der Waals surface area contributed by atoms with Gasteiger partial charge in [0.25, 0.3) is 0 Å². The number of nitrogens with zero attached hydrogens (tertiary/aromatic N) is 4. The Morgan fingerprint density at radius 1 is 0.967 bits per heavy atom. The van der Waals surface area contributed by atoms with E-state index in [1.807, 2.05) is 44.2 Å². The molecule has 30 heavy (non-hydrogen) atoms. The number of aromatic nitrogens is 2. The van der Waals surface area contributed by atoms with Gasteiger partial charge in [0, 0.05) is 43.5 Å². The molecule has 0 unspecified atom stereocenters. The summed E-state index contributed by atoms with van der Waals surface area (Å²) in [5.74, 6) is 1.11. The summed E-state index contributed by atoms with van der Waals surface area (Å²) in [6.07, 6.45) is 0. The van der Waals surface area contributed by atoms with E-state index in [2.05, 4.69) is 15.2 Å². The maximum atomic E-state index is 13.8. The first-order chi connectivity index (χ1) is 14.5. The maximum Gasteiger partial charge on any atom is 0.322 e. The number of para-hydroxylation sites is 1. The molecule has 0 aliphatic carbocycles. The fraction of sp³-hybridized carbons (Fsp3) is 0.261. The molecule has 2 amide bonds. The Hall–Kier alpha value is -3.48. The van der Waals surface area contributed by atoms with Gasteiger partial charge in [-0.2, -0.15) is 0 Å². The summed E-state index contributed by atoms with van der Waals surface area (Å²) in [6.45, 7) is 6.37. The number of amides is 2. The van der Waals surface area contributed by atoms with Crippen molar-refractivity contribution in [3.8, 4) is 11.4 Å². The number of nitrogens with one attached hydrogen (secondary N) is 1. The molecule has 154 valence electrons. The molecule has 2 heterocycles. The maximum absolute atomic E-state index is 13.8. The van der Waals surface area contributed by atoms with Crippen molar-refractivity contribution >= 4 is 17.5 Å². The number of aryl methyl sites for hydroxylation is 2. The molecule has 1 aliphatic heterocycles. The van der Waals surface area contributed by atoms with Crippen LogP contribution in [-0.2, 0) is 0 Å². The van der Waals surface area contributed by atoms with Gasteiger partial charge < -0.3 is 15.1 Å². The van der Waals surface area contributed by atoms with Gasteiger partial charge in [0.05, 0.1) is 5.69 Å². The number of piperazine rings is 1. The molecule has 1 aliphatic rings. The SMILES string of the molecule is Cc1ccc(-c2nc(C)cc(N3CCN(C(=O)Nc4ccccc4F)CC3)n2)cc1. The molecule has 0 bridgehead atoms. The number of carbonyl (C=O) groups is 1. The fourth-order valence-electron chi connectivity index (χ4n) is 3.44. The van der Waals surface area contributed by atoms with E-state index in [-0.39, 0.29) is 11.7 Å². The summed E-state index contributed by atoms with van der Waals surface area (Å²) in [5.41, 5.74) is 3.26. The minimum atomic E-state index is -0.440. The molecule has 6 nitrogen and oxygen atoms in total. The Balaban J connectivity index is 1.43. The van der Waals surface area contributed by atoms with E-state index >= 15 is 0 Å². The van der Waals surface area contributed by atoms with Crippen molar-refractivity contribution in [3.05, 3.63) is 71.7 Å². The Morgan fingerprint density at radius 3 is 2.37 bits per heavy atom. The molecule has 3 aromatic rings. The van der Waals surface area contributed by atoms with Crippen LogP contribution in [0.4, 0.5) is 20.7 Å². The van der Waals surface area contributed by atoms with Crippen LogP contribution in [0.5, 0.6) is 0 Å². The zero-order chi connectivity index (χ0) is 21.1. The Morgan fingerprint density at radius 2 is 1.67 bits per heavy atom. The van der Waals surface area contributed by atoms with E-state index < -0.39 is 5.82 Å². The zero-order valence-corrected chi connectivity index (χ0v) is 17.1. The fourth-order valence-corrected chi connectivity index (χ4v) is 3.44. The number of hydrogen-bond acceptors (Lipinski definition) is 4. The van der Waals surface area contributed by atoms with Gasteiger partial charge in [-0.05, 0) is 26.0 Å². The van der Waals surface area contributed by atoms with Crippen LogP contribution < -0.4 is 10.2 Å². The van der Waals surface area contributed by atoms with E-state index in [4.69, 9.17) is 4.98 Å². The van der Waals surface area contributed by atoms with E-state index in [0.29, 0.717) is 32.0 Å². The highest BCUT2D eigenvalue weighted by atomic mass is 19.1. The van der Waals surface area contributed by atoms with E-state index in [1.165, 1.54) is 11.6 Å². The Kier molecular flexibility index (Phi) is 5.61.